The Morgan fingerprint density at radius 2 is 1.96 bits per heavy atom. The second-order valence-corrected chi connectivity index (χ2v) is 7.34. The van der Waals surface area contributed by atoms with Gasteiger partial charge in [-0.15, -0.1) is 0 Å². The molecule has 3 saturated heterocycles. The van der Waals surface area contributed by atoms with E-state index in [1.807, 2.05) is 13.0 Å². The van der Waals surface area contributed by atoms with Crippen LogP contribution in [-0.2, 0) is 9.53 Å². The van der Waals surface area contributed by atoms with Crippen LogP contribution in [0, 0.1) is 0 Å². The van der Waals surface area contributed by atoms with Crippen molar-refractivity contribution in [2.45, 2.75) is 33.2 Å². The molecule has 2 unspecified atom stereocenters. The fraction of sp³-hybridized carbons (Fsp3) is 0.524. The van der Waals surface area contributed by atoms with Crippen molar-refractivity contribution in [2.75, 3.05) is 44.3 Å². The zero-order valence-electron chi connectivity index (χ0n) is 16.5. The van der Waals surface area contributed by atoms with Crippen LogP contribution in [-0.4, -0.2) is 71.7 Å². The maximum absolute atomic E-state index is 12.8. The van der Waals surface area contributed by atoms with Crippen LogP contribution in [0.5, 0.6) is 0 Å². The minimum atomic E-state index is -0.0434. The maximum Gasteiger partial charge on any atom is 0.461 e. The molecule has 1 aromatic rings. The lowest BCUT2D eigenvalue weighted by Crippen LogP contribution is -2.41. The Balaban J connectivity index is 1.59. The molecule has 1 aromatic carbocycles. The van der Waals surface area contributed by atoms with Crippen molar-refractivity contribution in [2.24, 2.45) is 0 Å². The molecule has 3 heterocycles. The van der Waals surface area contributed by atoms with E-state index in [1.165, 1.54) is 5.69 Å². The van der Waals surface area contributed by atoms with E-state index in [0.717, 1.165) is 44.8 Å². The van der Waals surface area contributed by atoms with E-state index in [4.69, 9.17) is 4.74 Å². The molecule has 0 aromatic heterocycles. The van der Waals surface area contributed by atoms with Crippen LogP contribution in [0.25, 0.3) is 6.08 Å². The fourth-order valence-electron chi connectivity index (χ4n) is 4.26. The number of amides is 1. The lowest BCUT2D eigenvalue weighted by atomic mass is 10.1. The number of carbonyl (C=O) groups is 1. The van der Waals surface area contributed by atoms with Crippen molar-refractivity contribution >= 4 is 23.7 Å². The van der Waals surface area contributed by atoms with E-state index in [9.17, 15) is 4.79 Å². The summed E-state index contributed by atoms with van der Waals surface area (Å²) in [5.41, 5.74) is 2.18. The third-order valence-corrected chi connectivity index (χ3v) is 5.81. The Hall–Kier alpha value is -2.34. The molecule has 0 aliphatic carbocycles. The first kappa shape index (κ1) is 18.0. The molecule has 0 N–H and O–H groups in total. The summed E-state index contributed by atoms with van der Waals surface area (Å²) in [6.45, 7) is 12.0. The lowest BCUT2D eigenvalue weighted by molar-refractivity contribution is -0.569. The summed E-state index contributed by atoms with van der Waals surface area (Å²) in [5.74, 6) is 0.373. The summed E-state index contributed by atoms with van der Waals surface area (Å²) in [4.78, 5) is 19.3. The van der Waals surface area contributed by atoms with E-state index >= 15 is 0 Å². The van der Waals surface area contributed by atoms with Gasteiger partial charge in [-0.1, -0.05) is 12.1 Å². The average molecular weight is 369 g/mol. The molecule has 3 aliphatic heterocycles. The highest BCUT2D eigenvalue weighted by atomic mass is 16.5. The number of carbonyl (C=O) groups excluding carboxylic acids is 1. The Kier molecular flexibility index (Phi) is 4.91. The van der Waals surface area contributed by atoms with Gasteiger partial charge in [-0.3, -0.25) is 4.90 Å². The van der Waals surface area contributed by atoms with E-state index < -0.39 is 0 Å². The van der Waals surface area contributed by atoms with Gasteiger partial charge in [0.25, 0.3) is 0 Å². The number of rotatable bonds is 5. The first-order chi connectivity index (χ1) is 13.1. The highest BCUT2D eigenvalue weighted by molar-refractivity contribution is 6.10. The molecule has 1 amide bonds. The van der Waals surface area contributed by atoms with Crippen molar-refractivity contribution in [1.29, 1.82) is 0 Å². The second-order valence-electron chi connectivity index (χ2n) is 7.34. The number of anilines is 1. The number of hydrogen-bond acceptors (Lipinski definition) is 4. The van der Waals surface area contributed by atoms with Gasteiger partial charge in [0.15, 0.2) is 0 Å². The molecular formula is C21H29N4O2+. The number of benzene rings is 1. The topological polar surface area (TPSA) is 39.0 Å². The van der Waals surface area contributed by atoms with Gasteiger partial charge in [0, 0.05) is 38.3 Å². The van der Waals surface area contributed by atoms with Crippen molar-refractivity contribution in [3.8, 4) is 0 Å². The highest BCUT2D eigenvalue weighted by Crippen LogP contribution is 2.26. The molecule has 144 valence electrons. The lowest BCUT2D eigenvalue weighted by Gasteiger charge is -2.20. The monoisotopic (exact) mass is 369 g/mol. The van der Waals surface area contributed by atoms with Crippen molar-refractivity contribution in [1.82, 2.24) is 9.80 Å². The van der Waals surface area contributed by atoms with Gasteiger partial charge in [-0.25, -0.2) is 9.37 Å². The molecular weight excluding hydrogens is 340 g/mol. The van der Waals surface area contributed by atoms with E-state index in [0.29, 0.717) is 24.4 Å². The van der Waals surface area contributed by atoms with Crippen LogP contribution in [0.4, 0.5) is 5.69 Å². The Morgan fingerprint density at radius 1 is 1.22 bits per heavy atom. The minimum Gasteiger partial charge on any atom is -0.383 e. The molecule has 2 atom stereocenters. The third-order valence-electron chi connectivity index (χ3n) is 5.81. The molecule has 4 rings (SSSR count). The quantitative estimate of drug-likeness (QED) is 0.589. The van der Waals surface area contributed by atoms with E-state index in [2.05, 4.69) is 52.5 Å². The molecule has 3 fully saturated rings. The summed E-state index contributed by atoms with van der Waals surface area (Å²) in [5, 5.41) is 0. The van der Waals surface area contributed by atoms with E-state index in [-0.39, 0.29) is 5.91 Å². The van der Waals surface area contributed by atoms with Gasteiger partial charge >= 0.3 is 11.9 Å². The van der Waals surface area contributed by atoms with Crippen molar-refractivity contribution < 1.29 is 14.1 Å². The van der Waals surface area contributed by atoms with Gasteiger partial charge in [0.2, 0.25) is 5.76 Å². The fourth-order valence-corrected chi connectivity index (χ4v) is 4.26. The largest absolute Gasteiger partial charge is 0.461 e. The zero-order valence-corrected chi connectivity index (χ0v) is 16.5. The Bertz CT molecular complexity index is 780. The predicted molar refractivity (Wildman–Crippen MR) is 107 cm³/mol. The van der Waals surface area contributed by atoms with Crippen LogP contribution in [0.1, 0.15) is 32.8 Å². The zero-order chi connectivity index (χ0) is 19.0. The summed E-state index contributed by atoms with van der Waals surface area (Å²) < 4.78 is 8.33. The van der Waals surface area contributed by atoms with Crippen LogP contribution >= 0.6 is 0 Å². The van der Waals surface area contributed by atoms with Crippen molar-refractivity contribution in [3.05, 3.63) is 35.6 Å². The summed E-state index contributed by atoms with van der Waals surface area (Å²) >= 11 is 0. The third kappa shape index (κ3) is 3.23. The number of nitrogens with zero attached hydrogens (tertiary/aromatic N) is 4. The van der Waals surface area contributed by atoms with Crippen LogP contribution in [0.2, 0.25) is 0 Å². The standard InChI is InChI=1S/C21H29N4O2/c1-4-23(5-2)17-9-7-16(8-10-17)13-19-20(26)24(6-3)21(27-19)25-15-22-12-11-18(25)14-22/h7-10,13,18H,4-6,11-12,14-15H2,1-3H3/q+1. The van der Waals surface area contributed by atoms with Gasteiger partial charge < -0.3 is 9.64 Å². The number of likely N-dealkylation sites (N-methyl/N-ethyl adjacent to an activating group) is 1. The number of hydrogen-bond donors (Lipinski definition) is 0. The molecule has 0 radical (unpaired) electrons. The van der Waals surface area contributed by atoms with Gasteiger partial charge in [0.1, 0.15) is 12.7 Å². The summed E-state index contributed by atoms with van der Waals surface area (Å²) in [6, 6.07) is 9.49. The maximum atomic E-state index is 12.8. The molecule has 0 spiro atoms. The Morgan fingerprint density at radius 3 is 2.52 bits per heavy atom. The minimum absolute atomic E-state index is 0.0434. The van der Waals surface area contributed by atoms with E-state index in [1.54, 1.807) is 4.90 Å². The number of amidine groups is 1. The SMILES string of the molecule is CCN1C(=O)C(=Cc2ccc(N(CC)CC)cc2)OC1=[N+]1CN2CCC1C2. The Labute approximate surface area is 161 Å². The van der Waals surface area contributed by atoms with Crippen LogP contribution in [0.3, 0.4) is 0 Å². The average Bonchev–Trinajstić information content (AvgIpc) is 3.39. The first-order valence-corrected chi connectivity index (χ1v) is 10.1. The first-order valence-electron chi connectivity index (χ1n) is 10.1. The molecule has 6 nitrogen and oxygen atoms in total. The van der Waals surface area contributed by atoms with Gasteiger partial charge in [-0.05, 0) is 44.5 Å². The highest BCUT2D eigenvalue weighted by Gasteiger charge is 2.48. The summed E-state index contributed by atoms with van der Waals surface area (Å²) in [6.07, 6.45) is 3.00. The molecule has 2 bridgehead atoms. The number of ether oxygens (including phenoxy) is 1. The molecule has 3 aliphatic rings. The van der Waals surface area contributed by atoms with Gasteiger partial charge in [-0.2, -0.15) is 4.90 Å². The van der Waals surface area contributed by atoms with Gasteiger partial charge in [0.05, 0.1) is 6.54 Å². The number of fused-ring (bicyclic) bond motifs is 2. The summed E-state index contributed by atoms with van der Waals surface area (Å²) in [7, 11) is 0. The van der Waals surface area contributed by atoms with Crippen LogP contribution < -0.4 is 4.90 Å². The molecule has 0 saturated carbocycles. The molecule has 27 heavy (non-hydrogen) atoms. The second kappa shape index (κ2) is 7.35. The van der Waals surface area contributed by atoms with Crippen molar-refractivity contribution in [3.63, 3.8) is 0 Å². The van der Waals surface area contributed by atoms with Crippen LogP contribution in [0.15, 0.2) is 30.0 Å². The predicted octanol–water partition coefficient (Wildman–Crippen LogP) is 2.17. The normalized spacial score (nSPS) is 28.3. The smallest absolute Gasteiger partial charge is 0.383 e. The molecule has 6 heteroatoms.